The molecule has 106 valence electrons. The van der Waals surface area contributed by atoms with E-state index in [0.29, 0.717) is 18.6 Å². The summed E-state index contributed by atoms with van der Waals surface area (Å²) in [6.45, 7) is 4.89. The maximum atomic E-state index is 6.00. The minimum atomic E-state index is 0.293. The van der Waals surface area contributed by atoms with Crippen LogP contribution in [0.3, 0.4) is 0 Å². The SMILES string of the molecule is COc1ccc(COC2CNCCC2C)cc1OC. The Bertz CT molecular complexity index is 408. The third-order valence-electron chi connectivity index (χ3n) is 3.67. The van der Waals surface area contributed by atoms with E-state index in [4.69, 9.17) is 14.2 Å². The summed E-state index contributed by atoms with van der Waals surface area (Å²) in [5, 5.41) is 3.37. The number of rotatable bonds is 5. The average molecular weight is 265 g/mol. The Balaban J connectivity index is 1.95. The molecule has 1 heterocycles. The Kier molecular flexibility index (Phi) is 5.05. The Morgan fingerprint density at radius 3 is 2.68 bits per heavy atom. The van der Waals surface area contributed by atoms with Crippen LogP contribution in [0, 0.1) is 5.92 Å². The fourth-order valence-electron chi connectivity index (χ4n) is 2.36. The summed E-state index contributed by atoms with van der Waals surface area (Å²) in [5.74, 6) is 2.11. The van der Waals surface area contributed by atoms with Gasteiger partial charge < -0.3 is 19.5 Å². The number of ether oxygens (including phenoxy) is 3. The van der Waals surface area contributed by atoms with Crippen LogP contribution in [-0.2, 0) is 11.3 Å². The van der Waals surface area contributed by atoms with E-state index in [2.05, 4.69) is 12.2 Å². The van der Waals surface area contributed by atoms with Crippen LogP contribution in [0.25, 0.3) is 0 Å². The van der Waals surface area contributed by atoms with Crippen LogP contribution in [0.4, 0.5) is 0 Å². The third kappa shape index (κ3) is 3.61. The highest BCUT2D eigenvalue weighted by Crippen LogP contribution is 2.28. The van der Waals surface area contributed by atoms with Gasteiger partial charge in [0.1, 0.15) is 0 Å². The third-order valence-corrected chi connectivity index (χ3v) is 3.67. The molecule has 1 aromatic carbocycles. The molecule has 0 aromatic heterocycles. The summed E-state index contributed by atoms with van der Waals surface area (Å²) in [6.07, 6.45) is 1.47. The normalized spacial score (nSPS) is 23.1. The van der Waals surface area contributed by atoms with Gasteiger partial charge in [-0.2, -0.15) is 0 Å². The van der Waals surface area contributed by atoms with Gasteiger partial charge in [-0.3, -0.25) is 0 Å². The lowest BCUT2D eigenvalue weighted by atomic mass is 9.97. The molecule has 19 heavy (non-hydrogen) atoms. The molecule has 1 saturated heterocycles. The highest BCUT2D eigenvalue weighted by Gasteiger charge is 2.21. The summed E-state index contributed by atoms with van der Waals surface area (Å²) in [4.78, 5) is 0. The van der Waals surface area contributed by atoms with E-state index >= 15 is 0 Å². The molecule has 0 aliphatic carbocycles. The average Bonchev–Trinajstić information content (AvgIpc) is 2.46. The van der Waals surface area contributed by atoms with Gasteiger partial charge in [0.15, 0.2) is 11.5 Å². The van der Waals surface area contributed by atoms with Crippen molar-refractivity contribution in [2.24, 2.45) is 5.92 Å². The molecule has 0 bridgehead atoms. The van der Waals surface area contributed by atoms with Crippen molar-refractivity contribution in [3.8, 4) is 11.5 Å². The van der Waals surface area contributed by atoms with Gasteiger partial charge in [-0.15, -0.1) is 0 Å². The predicted molar refractivity (Wildman–Crippen MR) is 74.8 cm³/mol. The first-order chi connectivity index (χ1) is 9.24. The number of hydrogen-bond donors (Lipinski definition) is 1. The van der Waals surface area contributed by atoms with Crippen LogP contribution >= 0.6 is 0 Å². The number of nitrogens with one attached hydrogen (secondary N) is 1. The zero-order valence-corrected chi connectivity index (χ0v) is 11.9. The molecule has 2 unspecified atom stereocenters. The van der Waals surface area contributed by atoms with Gasteiger partial charge in [0.25, 0.3) is 0 Å². The fraction of sp³-hybridized carbons (Fsp3) is 0.600. The van der Waals surface area contributed by atoms with Crippen LogP contribution < -0.4 is 14.8 Å². The number of piperidine rings is 1. The lowest BCUT2D eigenvalue weighted by molar-refractivity contribution is -0.00664. The number of benzene rings is 1. The van der Waals surface area contributed by atoms with E-state index in [0.717, 1.165) is 30.2 Å². The quantitative estimate of drug-likeness (QED) is 0.886. The maximum Gasteiger partial charge on any atom is 0.161 e. The molecule has 2 rings (SSSR count). The summed E-state index contributed by atoms with van der Waals surface area (Å²) >= 11 is 0. The Labute approximate surface area is 115 Å². The van der Waals surface area contributed by atoms with E-state index in [1.165, 1.54) is 6.42 Å². The zero-order chi connectivity index (χ0) is 13.7. The van der Waals surface area contributed by atoms with Gasteiger partial charge in [-0.1, -0.05) is 13.0 Å². The molecule has 1 aliphatic rings. The molecular formula is C15H23NO3. The molecule has 4 heteroatoms. The van der Waals surface area contributed by atoms with Crippen molar-refractivity contribution < 1.29 is 14.2 Å². The molecule has 1 N–H and O–H groups in total. The predicted octanol–water partition coefficient (Wildman–Crippen LogP) is 2.22. The first-order valence-corrected chi connectivity index (χ1v) is 6.77. The van der Waals surface area contributed by atoms with Crippen LogP contribution in [0.1, 0.15) is 18.9 Å². The van der Waals surface area contributed by atoms with Gasteiger partial charge >= 0.3 is 0 Å². The van der Waals surface area contributed by atoms with Crippen LogP contribution in [0.2, 0.25) is 0 Å². The van der Waals surface area contributed by atoms with Crippen LogP contribution in [0.15, 0.2) is 18.2 Å². The lowest BCUT2D eigenvalue weighted by Crippen LogP contribution is -2.40. The van der Waals surface area contributed by atoms with Gasteiger partial charge in [0.2, 0.25) is 0 Å². The molecule has 4 nitrogen and oxygen atoms in total. The minimum absolute atomic E-state index is 0.293. The van der Waals surface area contributed by atoms with E-state index in [9.17, 15) is 0 Å². The van der Waals surface area contributed by atoms with E-state index in [1.807, 2.05) is 18.2 Å². The van der Waals surface area contributed by atoms with Crippen molar-refractivity contribution >= 4 is 0 Å². The zero-order valence-electron chi connectivity index (χ0n) is 11.9. The van der Waals surface area contributed by atoms with Gasteiger partial charge in [0.05, 0.1) is 26.9 Å². The van der Waals surface area contributed by atoms with E-state index in [-0.39, 0.29) is 0 Å². The molecule has 1 aliphatic heterocycles. The second-order valence-corrected chi connectivity index (χ2v) is 5.01. The molecule has 0 spiro atoms. The molecule has 1 aromatic rings. The summed E-state index contributed by atoms with van der Waals surface area (Å²) in [6, 6.07) is 5.90. The Morgan fingerprint density at radius 2 is 2.00 bits per heavy atom. The molecule has 2 atom stereocenters. The van der Waals surface area contributed by atoms with Crippen molar-refractivity contribution in [3.63, 3.8) is 0 Å². The summed E-state index contributed by atoms with van der Waals surface area (Å²) in [5.41, 5.74) is 1.11. The molecule has 0 amide bonds. The highest BCUT2D eigenvalue weighted by molar-refractivity contribution is 5.42. The summed E-state index contributed by atoms with van der Waals surface area (Å²) < 4.78 is 16.5. The number of methoxy groups -OCH3 is 2. The monoisotopic (exact) mass is 265 g/mol. The van der Waals surface area contributed by atoms with Crippen molar-refractivity contribution in [3.05, 3.63) is 23.8 Å². The van der Waals surface area contributed by atoms with Crippen LogP contribution in [-0.4, -0.2) is 33.4 Å². The van der Waals surface area contributed by atoms with Crippen molar-refractivity contribution in [2.45, 2.75) is 26.1 Å². The summed E-state index contributed by atoms with van der Waals surface area (Å²) in [7, 11) is 3.29. The Morgan fingerprint density at radius 1 is 1.21 bits per heavy atom. The first-order valence-electron chi connectivity index (χ1n) is 6.77. The van der Waals surface area contributed by atoms with Crippen molar-refractivity contribution in [2.75, 3.05) is 27.3 Å². The first kappa shape index (κ1) is 14.2. The largest absolute Gasteiger partial charge is 0.493 e. The second-order valence-electron chi connectivity index (χ2n) is 5.01. The Hall–Kier alpha value is -1.26. The maximum absolute atomic E-state index is 6.00. The van der Waals surface area contributed by atoms with E-state index < -0.39 is 0 Å². The van der Waals surface area contributed by atoms with Crippen LogP contribution in [0.5, 0.6) is 11.5 Å². The minimum Gasteiger partial charge on any atom is -0.493 e. The molecule has 0 radical (unpaired) electrons. The van der Waals surface area contributed by atoms with Gasteiger partial charge in [0, 0.05) is 6.54 Å². The highest BCUT2D eigenvalue weighted by atomic mass is 16.5. The standard InChI is InChI=1S/C15H23NO3/c1-11-6-7-16-9-15(11)19-10-12-4-5-13(17-2)14(8-12)18-3/h4-5,8,11,15-16H,6-7,9-10H2,1-3H3. The van der Waals surface area contributed by atoms with Gasteiger partial charge in [-0.05, 0) is 36.6 Å². The molecular weight excluding hydrogens is 242 g/mol. The fourth-order valence-corrected chi connectivity index (χ4v) is 2.36. The van der Waals surface area contributed by atoms with E-state index in [1.54, 1.807) is 14.2 Å². The topological polar surface area (TPSA) is 39.7 Å². The van der Waals surface area contributed by atoms with Crippen molar-refractivity contribution in [1.82, 2.24) is 5.32 Å². The molecule has 1 fully saturated rings. The second kappa shape index (κ2) is 6.78. The molecule has 0 saturated carbocycles. The number of hydrogen-bond acceptors (Lipinski definition) is 4. The smallest absolute Gasteiger partial charge is 0.161 e. The lowest BCUT2D eigenvalue weighted by Gasteiger charge is -2.29. The van der Waals surface area contributed by atoms with Crippen molar-refractivity contribution in [1.29, 1.82) is 0 Å². The van der Waals surface area contributed by atoms with Gasteiger partial charge in [-0.25, -0.2) is 0 Å².